The molecule has 0 unspecified atom stereocenters. The third kappa shape index (κ3) is 4.63. The van der Waals surface area contributed by atoms with E-state index in [9.17, 15) is 0 Å². The lowest BCUT2D eigenvalue weighted by molar-refractivity contribution is 0.171. The molecule has 0 amide bonds. The van der Waals surface area contributed by atoms with Crippen LogP contribution in [0.2, 0.25) is 0 Å². The van der Waals surface area contributed by atoms with Crippen molar-refractivity contribution >= 4 is 0 Å². The fraction of sp³-hybridized carbons (Fsp3) is 0.538. The van der Waals surface area contributed by atoms with Crippen LogP contribution < -0.4 is 14.8 Å². The molecule has 0 fully saturated rings. The van der Waals surface area contributed by atoms with Gasteiger partial charge in [-0.3, -0.25) is 0 Å². The van der Waals surface area contributed by atoms with Gasteiger partial charge in [-0.1, -0.05) is 6.07 Å². The van der Waals surface area contributed by atoms with Crippen LogP contribution in [-0.4, -0.2) is 34.5 Å². The van der Waals surface area contributed by atoms with E-state index < -0.39 is 0 Å². The molecule has 0 saturated heterocycles. The van der Waals surface area contributed by atoms with E-state index in [4.69, 9.17) is 14.2 Å². The van der Waals surface area contributed by atoms with Crippen LogP contribution in [0.1, 0.15) is 12.0 Å². The molecule has 0 atom stereocenters. The molecular formula is C13H21NO3. The monoisotopic (exact) mass is 239 g/mol. The number of methoxy groups -OCH3 is 2. The largest absolute Gasteiger partial charge is 0.497 e. The third-order valence-electron chi connectivity index (χ3n) is 2.39. The minimum atomic E-state index is 0.651. The lowest BCUT2D eigenvalue weighted by Gasteiger charge is -2.12. The van der Waals surface area contributed by atoms with Gasteiger partial charge in [0.25, 0.3) is 0 Å². The van der Waals surface area contributed by atoms with E-state index in [2.05, 4.69) is 5.32 Å². The summed E-state index contributed by atoms with van der Waals surface area (Å²) in [6.07, 6.45) is 0.882. The lowest BCUT2D eigenvalue weighted by atomic mass is 10.2. The van der Waals surface area contributed by atoms with Gasteiger partial charge in [-0.05, 0) is 13.1 Å². The van der Waals surface area contributed by atoms with Gasteiger partial charge < -0.3 is 19.5 Å². The van der Waals surface area contributed by atoms with Crippen LogP contribution in [-0.2, 0) is 11.3 Å². The summed E-state index contributed by atoms with van der Waals surface area (Å²) in [4.78, 5) is 0. The average Bonchev–Trinajstić information content (AvgIpc) is 2.36. The standard InChI is InChI=1S/C13H21NO3/c1-14-10-11-5-6-12(16-3)9-13(11)17-8-4-7-15-2/h5-6,9,14H,4,7-8,10H2,1-3H3. The Morgan fingerprint density at radius 1 is 1.18 bits per heavy atom. The Morgan fingerprint density at radius 3 is 2.65 bits per heavy atom. The lowest BCUT2D eigenvalue weighted by Crippen LogP contribution is -2.09. The minimum absolute atomic E-state index is 0.651. The Kier molecular flexibility index (Phi) is 6.43. The Labute approximate surface area is 103 Å². The topological polar surface area (TPSA) is 39.7 Å². The van der Waals surface area contributed by atoms with Crippen molar-refractivity contribution in [2.45, 2.75) is 13.0 Å². The second kappa shape index (κ2) is 7.92. The Balaban J connectivity index is 2.64. The predicted octanol–water partition coefficient (Wildman–Crippen LogP) is 1.83. The molecule has 0 aromatic heterocycles. The quantitative estimate of drug-likeness (QED) is 0.703. The molecule has 17 heavy (non-hydrogen) atoms. The van der Waals surface area contributed by atoms with Crippen LogP contribution in [0.4, 0.5) is 0 Å². The Morgan fingerprint density at radius 2 is 2.00 bits per heavy atom. The van der Waals surface area contributed by atoms with Crippen molar-refractivity contribution in [2.75, 3.05) is 34.5 Å². The predicted molar refractivity (Wildman–Crippen MR) is 67.7 cm³/mol. The molecule has 0 bridgehead atoms. The normalized spacial score (nSPS) is 10.3. The maximum atomic E-state index is 5.73. The summed E-state index contributed by atoms with van der Waals surface area (Å²) in [6.45, 7) is 2.15. The number of hydrogen-bond donors (Lipinski definition) is 1. The molecule has 4 heteroatoms. The molecular weight excluding hydrogens is 218 g/mol. The van der Waals surface area contributed by atoms with Crippen molar-refractivity contribution < 1.29 is 14.2 Å². The molecule has 96 valence electrons. The first-order valence-corrected chi connectivity index (χ1v) is 5.75. The molecule has 0 radical (unpaired) electrons. The first-order valence-electron chi connectivity index (χ1n) is 5.75. The van der Waals surface area contributed by atoms with Crippen molar-refractivity contribution in [3.8, 4) is 11.5 Å². The van der Waals surface area contributed by atoms with E-state index in [1.54, 1.807) is 14.2 Å². The summed E-state index contributed by atoms with van der Waals surface area (Å²) < 4.78 is 15.9. The van der Waals surface area contributed by atoms with E-state index in [-0.39, 0.29) is 0 Å². The maximum absolute atomic E-state index is 5.73. The second-order valence-corrected chi connectivity index (χ2v) is 3.70. The summed E-state index contributed by atoms with van der Waals surface area (Å²) in [5.74, 6) is 1.68. The van der Waals surface area contributed by atoms with Crippen molar-refractivity contribution in [3.63, 3.8) is 0 Å². The van der Waals surface area contributed by atoms with E-state index in [1.807, 2.05) is 25.2 Å². The first kappa shape index (κ1) is 13.8. The van der Waals surface area contributed by atoms with Crippen molar-refractivity contribution in [3.05, 3.63) is 23.8 Å². The van der Waals surface area contributed by atoms with Crippen LogP contribution in [0.5, 0.6) is 11.5 Å². The van der Waals surface area contributed by atoms with Crippen LogP contribution in [0.15, 0.2) is 18.2 Å². The number of rotatable bonds is 8. The zero-order chi connectivity index (χ0) is 12.5. The fourth-order valence-corrected chi connectivity index (χ4v) is 1.52. The molecule has 0 heterocycles. The number of ether oxygens (including phenoxy) is 3. The molecule has 0 aliphatic heterocycles. The summed E-state index contributed by atoms with van der Waals surface area (Å²) in [6, 6.07) is 5.87. The first-order chi connectivity index (χ1) is 8.31. The highest BCUT2D eigenvalue weighted by Gasteiger charge is 2.05. The van der Waals surface area contributed by atoms with E-state index in [0.29, 0.717) is 13.2 Å². The number of benzene rings is 1. The number of hydrogen-bond acceptors (Lipinski definition) is 4. The molecule has 0 saturated carbocycles. The van der Waals surface area contributed by atoms with Crippen LogP contribution in [0.3, 0.4) is 0 Å². The van der Waals surface area contributed by atoms with Crippen LogP contribution >= 0.6 is 0 Å². The second-order valence-electron chi connectivity index (χ2n) is 3.70. The summed E-state index contributed by atoms with van der Waals surface area (Å²) in [7, 11) is 5.26. The molecule has 0 aliphatic rings. The molecule has 0 spiro atoms. The fourth-order valence-electron chi connectivity index (χ4n) is 1.52. The van der Waals surface area contributed by atoms with Gasteiger partial charge in [0.15, 0.2) is 0 Å². The highest BCUT2D eigenvalue weighted by atomic mass is 16.5. The molecule has 4 nitrogen and oxygen atoms in total. The van der Waals surface area contributed by atoms with Gasteiger partial charge in [0.05, 0.1) is 13.7 Å². The highest BCUT2D eigenvalue weighted by Crippen LogP contribution is 2.24. The third-order valence-corrected chi connectivity index (χ3v) is 2.39. The van der Waals surface area contributed by atoms with Gasteiger partial charge in [-0.15, -0.1) is 0 Å². The Hall–Kier alpha value is -1.26. The minimum Gasteiger partial charge on any atom is -0.497 e. The van der Waals surface area contributed by atoms with Crippen LogP contribution in [0, 0.1) is 0 Å². The van der Waals surface area contributed by atoms with Gasteiger partial charge in [0, 0.05) is 38.3 Å². The van der Waals surface area contributed by atoms with Crippen molar-refractivity contribution in [2.24, 2.45) is 0 Å². The summed E-state index contributed by atoms with van der Waals surface area (Å²) >= 11 is 0. The average molecular weight is 239 g/mol. The molecule has 0 aliphatic carbocycles. The van der Waals surface area contributed by atoms with Crippen LogP contribution in [0.25, 0.3) is 0 Å². The summed E-state index contributed by atoms with van der Waals surface area (Å²) in [5, 5.41) is 3.12. The zero-order valence-corrected chi connectivity index (χ0v) is 10.8. The van der Waals surface area contributed by atoms with E-state index >= 15 is 0 Å². The maximum Gasteiger partial charge on any atom is 0.127 e. The molecule has 1 rings (SSSR count). The van der Waals surface area contributed by atoms with Gasteiger partial charge in [-0.2, -0.15) is 0 Å². The van der Waals surface area contributed by atoms with Gasteiger partial charge >= 0.3 is 0 Å². The summed E-state index contributed by atoms with van der Waals surface area (Å²) in [5.41, 5.74) is 1.13. The van der Waals surface area contributed by atoms with Gasteiger partial charge in [0.2, 0.25) is 0 Å². The molecule has 1 aromatic rings. The smallest absolute Gasteiger partial charge is 0.127 e. The van der Waals surface area contributed by atoms with E-state index in [0.717, 1.165) is 30.0 Å². The highest BCUT2D eigenvalue weighted by molar-refractivity contribution is 5.40. The Bertz CT molecular complexity index is 328. The SMILES string of the molecule is CNCc1ccc(OC)cc1OCCCOC. The molecule has 1 aromatic carbocycles. The molecule has 1 N–H and O–H groups in total. The van der Waals surface area contributed by atoms with E-state index in [1.165, 1.54) is 0 Å². The number of nitrogens with one attached hydrogen (secondary N) is 1. The van der Waals surface area contributed by atoms with Crippen molar-refractivity contribution in [1.82, 2.24) is 5.32 Å². The van der Waals surface area contributed by atoms with Crippen molar-refractivity contribution in [1.29, 1.82) is 0 Å². The van der Waals surface area contributed by atoms with Gasteiger partial charge in [-0.25, -0.2) is 0 Å². The zero-order valence-electron chi connectivity index (χ0n) is 10.8. The van der Waals surface area contributed by atoms with Gasteiger partial charge in [0.1, 0.15) is 11.5 Å².